The second kappa shape index (κ2) is 7.77. The molecule has 9 heteroatoms. The number of hydrogen-bond acceptors (Lipinski definition) is 5. The maximum absolute atomic E-state index is 11.5. The highest BCUT2D eigenvalue weighted by Gasteiger charge is 2.21. The fraction of sp³-hybridized carbons (Fsp3) is 0.455. The molecule has 110 valence electrons. The van der Waals surface area contributed by atoms with Gasteiger partial charge in [0.1, 0.15) is 6.04 Å². The number of carboxylic acids is 1. The lowest BCUT2D eigenvalue weighted by atomic mass is 10.1. The number of aliphatic carboxylic acids is 1. The van der Waals surface area contributed by atoms with Gasteiger partial charge in [-0.2, -0.15) is 0 Å². The van der Waals surface area contributed by atoms with Crippen molar-refractivity contribution in [3.05, 3.63) is 18.2 Å². The van der Waals surface area contributed by atoms with Gasteiger partial charge in [0, 0.05) is 12.6 Å². The normalized spacial score (nSPS) is 11.4. The van der Waals surface area contributed by atoms with E-state index in [0.717, 1.165) is 0 Å². The van der Waals surface area contributed by atoms with E-state index in [1.807, 2.05) is 0 Å². The summed E-state index contributed by atoms with van der Waals surface area (Å²) in [6, 6.07) is -1.80. The highest BCUT2D eigenvalue weighted by Crippen LogP contribution is 1.99. The molecule has 0 radical (unpaired) electrons. The number of imidazole rings is 1. The number of carboxylic acid groups (broad SMARTS) is 1. The molecule has 0 spiro atoms. The Bertz CT molecular complexity index is 459. The molecule has 1 aromatic heterocycles. The molecule has 2 amide bonds. The molecule has 0 aliphatic heterocycles. The number of nitrogens with one attached hydrogen (secondary N) is 3. The lowest BCUT2D eigenvalue weighted by Gasteiger charge is -2.14. The van der Waals surface area contributed by atoms with Crippen LogP contribution < -0.4 is 10.6 Å². The molecule has 1 atom stereocenters. The zero-order chi connectivity index (χ0) is 15.0. The average Bonchev–Trinajstić information content (AvgIpc) is 2.93. The topological polar surface area (TPSA) is 133 Å². The molecule has 0 aliphatic rings. The van der Waals surface area contributed by atoms with Gasteiger partial charge in [-0.15, -0.1) is 0 Å². The minimum absolute atomic E-state index is 0.0422. The first-order valence-electron chi connectivity index (χ1n) is 5.84. The van der Waals surface area contributed by atoms with Crippen molar-refractivity contribution >= 4 is 18.0 Å². The van der Waals surface area contributed by atoms with Crippen molar-refractivity contribution in [1.29, 1.82) is 0 Å². The van der Waals surface area contributed by atoms with E-state index in [1.165, 1.54) is 19.6 Å². The number of nitrogens with zero attached hydrogens (tertiary/aromatic N) is 1. The summed E-state index contributed by atoms with van der Waals surface area (Å²) in [5.41, 5.74) is 0.682. The number of esters is 1. The molecular formula is C11H16N4O5. The molecule has 0 unspecified atom stereocenters. The number of aromatic amines is 1. The maximum Gasteiger partial charge on any atom is 0.326 e. The zero-order valence-electron chi connectivity index (χ0n) is 10.9. The van der Waals surface area contributed by atoms with Crippen LogP contribution in [0.5, 0.6) is 0 Å². The summed E-state index contributed by atoms with van der Waals surface area (Å²) in [5.74, 6) is -1.75. The third kappa shape index (κ3) is 5.38. The van der Waals surface area contributed by atoms with Crippen LogP contribution >= 0.6 is 0 Å². The van der Waals surface area contributed by atoms with Gasteiger partial charge in [0.05, 0.1) is 25.7 Å². The van der Waals surface area contributed by atoms with Crippen molar-refractivity contribution in [3.63, 3.8) is 0 Å². The molecular weight excluding hydrogens is 268 g/mol. The number of rotatable bonds is 7. The van der Waals surface area contributed by atoms with Crippen LogP contribution in [-0.4, -0.2) is 46.2 Å². The Morgan fingerprint density at radius 1 is 1.50 bits per heavy atom. The molecule has 9 nitrogen and oxygen atoms in total. The molecule has 0 aromatic carbocycles. The monoisotopic (exact) mass is 284 g/mol. The van der Waals surface area contributed by atoms with Gasteiger partial charge < -0.3 is 25.5 Å². The van der Waals surface area contributed by atoms with Gasteiger partial charge in [0.15, 0.2) is 0 Å². The van der Waals surface area contributed by atoms with Crippen LogP contribution in [0.25, 0.3) is 0 Å². The molecule has 0 bridgehead atoms. The SMILES string of the molecule is COC(=O)CC[C@H](NC(=O)NCc1cnc[nH]1)C(=O)O. The minimum Gasteiger partial charge on any atom is -0.480 e. The van der Waals surface area contributed by atoms with Crippen LogP contribution in [0.4, 0.5) is 4.79 Å². The molecule has 0 saturated heterocycles. The third-order valence-electron chi connectivity index (χ3n) is 2.46. The Kier molecular flexibility index (Phi) is 6.01. The van der Waals surface area contributed by atoms with Gasteiger partial charge in [0.25, 0.3) is 0 Å². The van der Waals surface area contributed by atoms with Crippen molar-refractivity contribution in [2.75, 3.05) is 7.11 Å². The molecule has 20 heavy (non-hydrogen) atoms. The van der Waals surface area contributed by atoms with Crippen LogP contribution in [-0.2, 0) is 20.9 Å². The lowest BCUT2D eigenvalue weighted by Crippen LogP contribution is -2.46. The van der Waals surface area contributed by atoms with Gasteiger partial charge in [0.2, 0.25) is 0 Å². The molecule has 1 aromatic rings. The van der Waals surface area contributed by atoms with Crippen molar-refractivity contribution in [2.45, 2.75) is 25.4 Å². The van der Waals surface area contributed by atoms with Gasteiger partial charge >= 0.3 is 18.0 Å². The van der Waals surface area contributed by atoms with E-state index in [4.69, 9.17) is 5.11 Å². The Hall–Kier alpha value is -2.58. The Balaban J connectivity index is 2.38. The second-order valence-corrected chi connectivity index (χ2v) is 3.91. The van der Waals surface area contributed by atoms with Crippen molar-refractivity contribution in [2.24, 2.45) is 0 Å². The highest BCUT2D eigenvalue weighted by atomic mass is 16.5. The first kappa shape index (κ1) is 15.5. The number of H-pyrrole nitrogens is 1. The van der Waals surface area contributed by atoms with E-state index >= 15 is 0 Å². The standard InChI is InChI=1S/C11H16N4O5/c1-20-9(16)3-2-8(10(17)18)15-11(19)13-5-7-4-12-6-14-7/h4,6,8H,2-3,5H2,1H3,(H,12,14)(H,17,18)(H2,13,15,19)/t8-/m0/s1. The van der Waals surface area contributed by atoms with E-state index in [9.17, 15) is 14.4 Å². The van der Waals surface area contributed by atoms with Crippen molar-refractivity contribution in [3.8, 4) is 0 Å². The Morgan fingerprint density at radius 3 is 2.80 bits per heavy atom. The van der Waals surface area contributed by atoms with Crippen LogP contribution in [0, 0.1) is 0 Å². The summed E-state index contributed by atoms with van der Waals surface area (Å²) in [7, 11) is 1.21. The summed E-state index contributed by atoms with van der Waals surface area (Å²) in [4.78, 5) is 40.0. The van der Waals surface area contributed by atoms with Crippen molar-refractivity contribution in [1.82, 2.24) is 20.6 Å². The maximum atomic E-state index is 11.5. The van der Waals surface area contributed by atoms with Gasteiger partial charge in [-0.25, -0.2) is 14.6 Å². The quantitative estimate of drug-likeness (QED) is 0.504. The Morgan fingerprint density at radius 2 is 2.25 bits per heavy atom. The molecule has 4 N–H and O–H groups in total. The average molecular weight is 284 g/mol. The summed E-state index contributed by atoms with van der Waals surface area (Å²) in [6.45, 7) is 0.190. The molecule has 0 saturated carbocycles. The van der Waals surface area contributed by atoms with Crippen LogP contribution in [0.1, 0.15) is 18.5 Å². The molecule has 1 rings (SSSR count). The summed E-state index contributed by atoms with van der Waals surface area (Å²) < 4.78 is 4.41. The second-order valence-electron chi connectivity index (χ2n) is 3.91. The number of hydrogen-bond donors (Lipinski definition) is 4. The first-order chi connectivity index (χ1) is 9.52. The number of methoxy groups -OCH3 is 1. The number of ether oxygens (including phenoxy) is 1. The summed E-state index contributed by atoms with van der Waals surface area (Å²) in [6.07, 6.45) is 2.87. The first-order valence-corrected chi connectivity index (χ1v) is 5.84. The van der Waals surface area contributed by atoms with E-state index in [2.05, 4.69) is 25.3 Å². The van der Waals surface area contributed by atoms with Gasteiger partial charge in [-0.1, -0.05) is 0 Å². The fourth-order valence-electron chi connectivity index (χ4n) is 1.39. The summed E-state index contributed by atoms with van der Waals surface area (Å²) in [5, 5.41) is 13.7. The van der Waals surface area contributed by atoms with Crippen LogP contribution in [0.2, 0.25) is 0 Å². The predicted octanol–water partition coefficient (Wildman–Crippen LogP) is -0.385. The molecule has 0 aliphatic carbocycles. The number of carbonyl (C=O) groups is 3. The lowest BCUT2D eigenvalue weighted by molar-refractivity contribution is -0.142. The van der Waals surface area contributed by atoms with E-state index in [1.54, 1.807) is 0 Å². The third-order valence-corrected chi connectivity index (χ3v) is 2.46. The minimum atomic E-state index is -1.22. The van der Waals surface area contributed by atoms with Gasteiger partial charge in [-0.05, 0) is 6.42 Å². The zero-order valence-corrected chi connectivity index (χ0v) is 10.9. The fourth-order valence-corrected chi connectivity index (χ4v) is 1.39. The summed E-state index contributed by atoms with van der Waals surface area (Å²) >= 11 is 0. The van der Waals surface area contributed by atoms with Crippen LogP contribution in [0.15, 0.2) is 12.5 Å². The number of urea groups is 1. The van der Waals surface area contributed by atoms with E-state index in [0.29, 0.717) is 5.69 Å². The molecule has 0 fully saturated rings. The van der Waals surface area contributed by atoms with Crippen molar-refractivity contribution < 1.29 is 24.2 Å². The predicted molar refractivity (Wildman–Crippen MR) is 66.6 cm³/mol. The highest BCUT2D eigenvalue weighted by molar-refractivity contribution is 5.83. The molecule has 1 heterocycles. The number of carbonyl (C=O) groups excluding carboxylic acids is 2. The smallest absolute Gasteiger partial charge is 0.326 e. The van der Waals surface area contributed by atoms with Crippen LogP contribution in [0.3, 0.4) is 0 Å². The van der Waals surface area contributed by atoms with E-state index in [-0.39, 0.29) is 19.4 Å². The number of amides is 2. The Labute approximate surface area is 114 Å². The van der Waals surface area contributed by atoms with E-state index < -0.39 is 24.0 Å². The van der Waals surface area contributed by atoms with Gasteiger partial charge in [-0.3, -0.25) is 4.79 Å². The largest absolute Gasteiger partial charge is 0.480 e. The number of aromatic nitrogens is 2.